The van der Waals surface area contributed by atoms with Crippen LogP contribution < -0.4 is 5.48 Å². The summed E-state index contributed by atoms with van der Waals surface area (Å²) in [4.78, 5) is 11.0. The molecule has 0 saturated heterocycles. The van der Waals surface area contributed by atoms with Gasteiger partial charge < -0.3 is 0 Å². The predicted molar refractivity (Wildman–Crippen MR) is 38.8 cm³/mol. The van der Waals surface area contributed by atoms with Gasteiger partial charge in [-0.15, -0.1) is 0 Å². The minimum atomic E-state index is -0.221. The Labute approximate surface area is 65.1 Å². The summed E-state index contributed by atoms with van der Waals surface area (Å²) in [7, 11) is 0. The van der Waals surface area contributed by atoms with Gasteiger partial charge in [0.05, 0.1) is 0 Å². The quantitative estimate of drug-likeness (QED) is 0.331. The van der Waals surface area contributed by atoms with E-state index in [0.717, 1.165) is 12.8 Å². The topological polar surface area (TPSA) is 49.3 Å². The van der Waals surface area contributed by atoms with E-state index in [1.165, 1.54) is 0 Å². The van der Waals surface area contributed by atoms with Gasteiger partial charge in [-0.2, -0.15) is 0 Å². The number of nitrogens with one attached hydrogen (secondary N) is 1. The summed E-state index contributed by atoms with van der Waals surface area (Å²) in [5, 5.41) is 8.40. The molecule has 0 spiro atoms. The lowest BCUT2D eigenvalue weighted by Crippen LogP contribution is -2.30. The molecule has 0 aromatic rings. The summed E-state index contributed by atoms with van der Waals surface area (Å²) in [6.45, 7) is 0. The van der Waals surface area contributed by atoms with Crippen molar-refractivity contribution in [3.8, 4) is 0 Å². The van der Waals surface area contributed by atoms with Crippen molar-refractivity contribution >= 4 is 5.91 Å². The Bertz CT molecular complexity index is 212. The second kappa shape index (κ2) is 2.34. The highest BCUT2D eigenvalue weighted by molar-refractivity contribution is 5.78. The largest absolute Gasteiger partial charge is 0.289 e. The van der Waals surface area contributed by atoms with Crippen LogP contribution in [0.5, 0.6) is 0 Å². The van der Waals surface area contributed by atoms with Crippen LogP contribution in [0.4, 0.5) is 0 Å². The van der Waals surface area contributed by atoms with Crippen molar-refractivity contribution in [2.75, 3.05) is 0 Å². The second-order valence-electron chi connectivity index (χ2n) is 3.36. The van der Waals surface area contributed by atoms with Gasteiger partial charge in [-0.3, -0.25) is 10.0 Å². The Morgan fingerprint density at radius 3 is 2.73 bits per heavy atom. The maximum Gasteiger partial charge on any atom is 0.247 e. The number of hydrogen-bond acceptors (Lipinski definition) is 2. The zero-order valence-corrected chi connectivity index (χ0v) is 6.16. The third kappa shape index (κ3) is 0.959. The minimum absolute atomic E-state index is 0.0231. The molecule has 2 bridgehead atoms. The standard InChI is InChI=1S/C8H11NO2/c10-8(9-11)7-4-5-1-2-6(7)3-5/h1-2,5-7,11H,3-4H2,(H,9,10)/t5-,6-,7+/m0/s1. The Hall–Kier alpha value is -0.830. The highest BCUT2D eigenvalue weighted by atomic mass is 16.5. The molecule has 2 aliphatic rings. The average Bonchev–Trinajstić information content (AvgIpc) is 2.62. The number of carbonyl (C=O) groups excluding carboxylic acids is 1. The molecule has 3 nitrogen and oxygen atoms in total. The van der Waals surface area contributed by atoms with Crippen LogP contribution in [-0.2, 0) is 4.79 Å². The fourth-order valence-electron chi connectivity index (χ4n) is 2.17. The van der Waals surface area contributed by atoms with Crippen molar-refractivity contribution in [1.29, 1.82) is 0 Å². The van der Waals surface area contributed by atoms with Crippen molar-refractivity contribution in [2.45, 2.75) is 12.8 Å². The number of rotatable bonds is 1. The molecule has 11 heavy (non-hydrogen) atoms. The van der Waals surface area contributed by atoms with Crippen molar-refractivity contribution < 1.29 is 10.0 Å². The summed E-state index contributed by atoms with van der Waals surface area (Å²) < 4.78 is 0. The van der Waals surface area contributed by atoms with Gasteiger partial charge >= 0.3 is 0 Å². The molecule has 3 atom stereocenters. The molecule has 1 fully saturated rings. The van der Waals surface area contributed by atoms with E-state index >= 15 is 0 Å². The van der Waals surface area contributed by atoms with Gasteiger partial charge in [0.1, 0.15) is 0 Å². The summed E-state index contributed by atoms with van der Waals surface area (Å²) >= 11 is 0. The number of hydrogen-bond donors (Lipinski definition) is 2. The van der Waals surface area contributed by atoms with Crippen LogP contribution >= 0.6 is 0 Å². The number of fused-ring (bicyclic) bond motifs is 2. The number of allylic oxidation sites excluding steroid dienone is 2. The van der Waals surface area contributed by atoms with E-state index in [4.69, 9.17) is 5.21 Å². The van der Waals surface area contributed by atoms with E-state index in [9.17, 15) is 4.79 Å². The summed E-state index contributed by atoms with van der Waals surface area (Å²) in [5.41, 5.74) is 1.72. The van der Waals surface area contributed by atoms with Crippen LogP contribution in [0.25, 0.3) is 0 Å². The van der Waals surface area contributed by atoms with Gasteiger partial charge in [0, 0.05) is 5.92 Å². The fourth-order valence-corrected chi connectivity index (χ4v) is 2.17. The zero-order chi connectivity index (χ0) is 7.84. The number of amides is 1. The number of carbonyl (C=O) groups is 1. The van der Waals surface area contributed by atoms with E-state index in [-0.39, 0.29) is 11.8 Å². The SMILES string of the molecule is O=C(NO)[C@@H]1C[C@H]2C=C[C@H]1C2. The first-order valence-corrected chi connectivity index (χ1v) is 3.93. The molecule has 1 saturated carbocycles. The molecule has 0 aliphatic heterocycles. The highest BCUT2D eigenvalue weighted by Gasteiger charge is 2.39. The van der Waals surface area contributed by atoms with E-state index < -0.39 is 0 Å². The lowest BCUT2D eigenvalue weighted by Gasteiger charge is -2.14. The van der Waals surface area contributed by atoms with E-state index in [2.05, 4.69) is 12.2 Å². The molecule has 3 heteroatoms. The maximum atomic E-state index is 11.0. The van der Waals surface area contributed by atoms with Gasteiger partial charge in [-0.05, 0) is 24.7 Å². The van der Waals surface area contributed by atoms with Gasteiger partial charge in [0.2, 0.25) is 5.91 Å². The summed E-state index contributed by atoms with van der Waals surface area (Å²) in [6.07, 6.45) is 6.27. The molecule has 0 unspecified atom stereocenters. The van der Waals surface area contributed by atoms with Crippen LogP contribution in [0.1, 0.15) is 12.8 Å². The van der Waals surface area contributed by atoms with Gasteiger partial charge in [-0.1, -0.05) is 12.2 Å². The summed E-state index contributed by atoms with van der Waals surface area (Å²) in [6, 6.07) is 0. The predicted octanol–water partition coefficient (Wildman–Crippen LogP) is 0.704. The summed E-state index contributed by atoms with van der Waals surface area (Å²) in [5.74, 6) is 0.770. The Morgan fingerprint density at radius 1 is 1.45 bits per heavy atom. The van der Waals surface area contributed by atoms with E-state index in [0.29, 0.717) is 11.8 Å². The Kier molecular flexibility index (Phi) is 1.46. The molecule has 0 aromatic heterocycles. The molecule has 2 N–H and O–H groups in total. The normalized spacial score (nSPS) is 39.5. The monoisotopic (exact) mass is 153 g/mol. The first-order valence-electron chi connectivity index (χ1n) is 3.93. The van der Waals surface area contributed by atoms with Crippen LogP contribution in [0.3, 0.4) is 0 Å². The van der Waals surface area contributed by atoms with Crippen LogP contribution in [0, 0.1) is 17.8 Å². The molecule has 1 amide bonds. The zero-order valence-electron chi connectivity index (χ0n) is 6.16. The van der Waals surface area contributed by atoms with E-state index in [1.807, 2.05) is 0 Å². The first kappa shape index (κ1) is 6.85. The highest BCUT2D eigenvalue weighted by Crippen LogP contribution is 2.43. The van der Waals surface area contributed by atoms with Gasteiger partial charge in [-0.25, -0.2) is 5.48 Å². The Morgan fingerprint density at radius 2 is 2.27 bits per heavy atom. The third-order valence-corrected chi connectivity index (χ3v) is 2.73. The van der Waals surface area contributed by atoms with Crippen molar-refractivity contribution in [3.05, 3.63) is 12.2 Å². The molecule has 2 aliphatic carbocycles. The second-order valence-corrected chi connectivity index (χ2v) is 3.36. The molecular formula is C8H11NO2. The molecule has 2 rings (SSSR count). The molecule has 0 heterocycles. The lowest BCUT2D eigenvalue weighted by atomic mass is 9.93. The van der Waals surface area contributed by atoms with Crippen LogP contribution in [-0.4, -0.2) is 11.1 Å². The smallest absolute Gasteiger partial charge is 0.247 e. The van der Waals surface area contributed by atoms with Crippen LogP contribution in [0.15, 0.2) is 12.2 Å². The molecular weight excluding hydrogens is 142 g/mol. The number of hydroxylamine groups is 1. The minimum Gasteiger partial charge on any atom is -0.289 e. The lowest BCUT2D eigenvalue weighted by molar-refractivity contribution is -0.134. The Balaban J connectivity index is 2.08. The fraction of sp³-hybridized carbons (Fsp3) is 0.625. The van der Waals surface area contributed by atoms with E-state index in [1.54, 1.807) is 5.48 Å². The van der Waals surface area contributed by atoms with Gasteiger partial charge in [0.15, 0.2) is 0 Å². The van der Waals surface area contributed by atoms with Crippen molar-refractivity contribution in [2.24, 2.45) is 17.8 Å². The first-order chi connectivity index (χ1) is 5.31. The van der Waals surface area contributed by atoms with Crippen molar-refractivity contribution in [3.63, 3.8) is 0 Å². The van der Waals surface area contributed by atoms with Crippen LogP contribution in [0.2, 0.25) is 0 Å². The molecule has 0 radical (unpaired) electrons. The van der Waals surface area contributed by atoms with Crippen molar-refractivity contribution in [1.82, 2.24) is 5.48 Å². The molecule has 60 valence electrons. The molecule has 0 aromatic carbocycles. The maximum absolute atomic E-state index is 11.0. The third-order valence-electron chi connectivity index (χ3n) is 2.73. The van der Waals surface area contributed by atoms with Gasteiger partial charge in [0.25, 0.3) is 0 Å². The average molecular weight is 153 g/mol.